The van der Waals surface area contributed by atoms with E-state index in [0.717, 1.165) is 81.1 Å². The number of hydrogen-bond acceptors (Lipinski definition) is 7. The lowest BCUT2D eigenvalue weighted by molar-refractivity contribution is 0.0150. The average molecular weight is 402 g/mol. The number of nitrogens with zero attached hydrogens (tertiary/aromatic N) is 7. The maximum absolute atomic E-state index is 5.52. The van der Waals surface area contributed by atoms with Gasteiger partial charge in [0.05, 0.1) is 19.8 Å². The monoisotopic (exact) mass is 401 g/mol. The summed E-state index contributed by atoms with van der Waals surface area (Å²) in [6, 6.07) is 0. The van der Waals surface area contributed by atoms with Crippen molar-refractivity contribution >= 4 is 17.0 Å². The number of aromatic nitrogens is 4. The second-order valence-electron chi connectivity index (χ2n) is 8.96. The van der Waals surface area contributed by atoms with Gasteiger partial charge in [-0.25, -0.2) is 15.0 Å². The topological polar surface area (TPSA) is 62.6 Å². The van der Waals surface area contributed by atoms with Crippen LogP contribution in [0.5, 0.6) is 0 Å². The van der Waals surface area contributed by atoms with Crippen molar-refractivity contribution in [1.82, 2.24) is 29.3 Å². The Bertz CT molecular complexity index is 856. The number of morpholine rings is 1. The zero-order chi connectivity index (χ0) is 20.6. The number of anilines is 1. The summed E-state index contributed by atoms with van der Waals surface area (Å²) < 4.78 is 7.67. The van der Waals surface area contributed by atoms with Crippen molar-refractivity contribution in [3.8, 4) is 0 Å². The van der Waals surface area contributed by atoms with E-state index in [9.17, 15) is 0 Å². The van der Waals surface area contributed by atoms with E-state index < -0.39 is 0 Å². The van der Waals surface area contributed by atoms with Crippen LogP contribution in [0.3, 0.4) is 0 Å². The first-order valence-electron chi connectivity index (χ1n) is 10.9. The Morgan fingerprint density at radius 1 is 1.03 bits per heavy atom. The highest BCUT2D eigenvalue weighted by Gasteiger charge is 2.33. The fourth-order valence-electron chi connectivity index (χ4n) is 4.65. The third-order valence-corrected chi connectivity index (χ3v) is 6.23. The molecule has 0 N–H and O–H groups in total. The first kappa shape index (κ1) is 20.5. The van der Waals surface area contributed by atoms with Crippen molar-refractivity contribution in [2.24, 2.45) is 7.05 Å². The van der Waals surface area contributed by atoms with Gasteiger partial charge in [-0.3, -0.25) is 9.80 Å². The summed E-state index contributed by atoms with van der Waals surface area (Å²) >= 11 is 0. The van der Waals surface area contributed by atoms with Crippen LogP contribution in [-0.2, 0) is 18.3 Å². The Labute approximate surface area is 173 Å². The Balaban J connectivity index is 1.59. The molecule has 8 heteroatoms. The molecule has 2 saturated heterocycles. The Morgan fingerprint density at radius 2 is 1.79 bits per heavy atom. The van der Waals surface area contributed by atoms with E-state index in [1.807, 2.05) is 6.92 Å². The zero-order valence-corrected chi connectivity index (χ0v) is 18.6. The molecular formula is C21H35N7O. The molecular weight excluding hydrogens is 366 g/mol. The molecule has 2 aliphatic rings. The predicted octanol–water partition coefficient (Wildman–Crippen LogP) is 1.81. The minimum absolute atomic E-state index is 0.189. The minimum atomic E-state index is 0.189. The molecule has 4 heterocycles. The summed E-state index contributed by atoms with van der Waals surface area (Å²) in [6.45, 7) is 17.4. The number of fused-ring (bicyclic) bond motifs is 1. The van der Waals surface area contributed by atoms with Gasteiger partial charge in [0, 0.05) is 45.3 Å². The van der Waals surface area contributed by atoms with Crippen LogP contribution >= 0.6 is 0 Å². The van der Waals surface area contributed by atoms with E-state index >= 15 is 0 Å². The van der Waals surface area contributed by atoms with E-state index in [-0.39, 0.29) is 5.54 Å². The number of hydrogen-bond donors (Lipinski definition) is 0. The highest BCUT2D eigenvalue weighted by atomic mass is 16.5. The van der Waals surface area contributed by atoms with Crippen LogP contribution in [-0.4, -0.2) is 87.3 Å². The molecule has 29 heavy (non-hydrogen) atoms. The van der Waals surface area contributed by atoms with Gasteiger partial charge in [-0.15, -0.1) is 0 Å². The third-order valence-electron chi connectivity index (χ3n) is 6.23. The molecule has 0 spiro atoms. The van der Waals surface area contributed by atoms with Crippen molar-refractivity contribution in [1.29, 1.82) is 0 Å². The predicted molar refractivity (Wildman–Crippen MR) is 115 cm³/mol. The third kappa shape index (κ3) is 4.11. The SMILES string of the molecule is CCCN1CCN(Cc2nc3c(N4CCOCC4)nc(C)nc3n2C)CC1(C)C. The molecule has 0 amide bonds. The lowest BCUT2D eigenvalue weighted by Crippen LogP contribution is -2.59. The first-order chi connectivity index (χ1) is 13.9. The fraction of sp³-hybridized carbons (Fsp3) is 0.762. The Hall–Kier alpha value is -1.77. The van der Waals surface area contributed by atoms with E-state index in [4.69, 9.17) is 19.7 Å². The van der Waals surface area contributed by atoms with Crippen molar-refractivity contribution in [2.45, 2.75) is 46.2 Å². The number of rotatable bonds is 5. The van der Waals surface area contributed by atoms with E-state index in [0.29, 0.717) is 0 Å². The summed E-state index contributed by atoms with van der Waals surface area (Å²) in [7, 11) is 2.08. The normalized spacial score (nSPS) is 21.2. The van der Waals surface area contributed by atoms with Gasteiger partial charge in [0.25, 0.3) is 0 Å². The molecule has 2 fully saturated rings. The van der Waals surface area contributed by atoms with Crippen LogP contribution in [0.2, 0.25) is 0 Å². The molecule has 0 aromatic carbocycles. The maximum Gasteiger partial charge on any atom is 0.165 e. The first-order valence-corrected chi connectivity index (χ1v) is 10.9. The Morgan fingerprint density at radius 3 is 2.48 bits per heavy atom. The van der Waals surface area contributed by atoms with Gasteiger partial charge in [-0.2, -0.15) is 0 Å². The summed E-state index contributed by atoms with van der Waals surface area (Å²) in [5.41, 5.74) is 2.03. The number of imidazole rings is 1. The fourth-order valence-corrected chi connectivity index (χ4v) is 4.65. The van der Waals surface area contributed by atoms with Crippen molar-refractivity contribution in [3.05, 3.63) is 11.6 Å². The summed E-state index contributed by atoms with van der Waals surface area (Å²) in [4.78, 5) is 21.9. The Kier molecular flexibility index (Phi) is 5.77. The molecule has 0 atom stereocenters. The van der Waals surface area contributed by atoms with Crippen molar-refractivity contribution in [3.63, 3.8) is 0 Å². The number of aryl methyl sites for hydroxylation is 2. The smallest absolute Gasteiger partial charge is 0.165 e. The lowest BCUT2D eigenvalue weighted by atomic mass is 9.98. The van der Waals surface area contributed by atoms with Crippen LogP contribution in [0.4, 0.5) is 5.82 Å². The molecule has 0 bridgehead atoms. The van der Waals surface area contributed by atoms with Crippen LogP contribution < -0.4 is 4.90 Å². The number of piperazine rings is 1. The maximum atomic E-state index is 5.52. The largest absolute Gasteiger partial charge is 0.378 e. The van der Waals surface area contributed by atoms with E-state index in [1.165, 1.54) is 13.0 Å². The molecule has 2 aromatic heterocycles. The minimum Gasteiger partial charge on any atom is -0.378 e. The molecule has 0 radical (unpaired) electrons. The standard InChI is InChI=1S/C21H35N7O/c1-6-7-28-9-8-26(15-21(28,3)4)14-17-24-18-19(25(17)5)22-16(2)23-20(18)27-10-12-29-13-11-27/h6-15H2,1-5H3. The van der Waals surface area contributed by atoms with E-state index in [1.54, 1.807) is 0 Å². The average Bonchev–Trinajstić information content (AvgIpc) is 2.99. The highest BCUT2D eigenvalue weighted by molar-refractivity contribution is 5.84. The second kappa shape index (κ2) is 8.16. The lowest BCUT2D eigenvalue weighted by Gasteiger charge is -2.47. The van der Waals surface area contributed by atoms with Crippen LogP contribution in [0.1, 0.15) is 38.8 Å². The number of ether oxygens (including phenoxy) is 1. The summed E-state index contributed by atoms with van der Waals surface area (Å²) in [6.07, 6.45) is 1.20. The molecule has 2 aromatic rings. The van der Waals surface area contributed by atoms with Gasteiger partial charge in [0.1, 0.15) is 11.6 Å². The van der Waals surface area contributed by atoms with Gasteiger partial charge in [-0.1, -0.05) is 6.92 Å². The molecule has 0 aliphatic carbocycles. The zero-order valence-electron chi connectivity index (χ0n) is 18.6. The van der Waals surface area contributed by atoms with Gasteiger partial charge in [0.15, 0.2) is 17.0 Å². The van der Waals surface area contributed by atoms with Crippen LogP contribution in [0.25, 0.3) is 11.2 Å². The van der Waals surface area contributed by atoms with E-state index in [2.05, 4.69) is 47.1 Å². The quantitative estimate of drug-likeness (QED) is 0.757. The summed E-state index contributed by atoms with van der Waals surface area (Å²) in [5.74, 6) is 2.81. The molecule has 0 saturated carbocycles. The summed E-state index contributed by atoms with van der Waals surface area (Å²) in [5, 5.41) is 0. The van der Waals surface area contributed by atoms with Crippen LogP contribution in [0.15, 0.2) is 0 Å². The van der Waals surface area contributed by atoms with Crippen molar-refractivity contribution in [2.75, 3.05) is 57.4 Å². The molecule has 4 rings (SSSR count). The molecule has 8 nitrogen and oxygen atoms in total. The van der Waals surface area contributed by atoms with Gasteiger partial charge in [0.2, 0.25) is 0 Å². The van der Waals surface area contributed by atoms with Gasteiger partial charge >= 0.3 is 0 Å². The van der Waals surface area contributed by atoms with Gasteiger partial charge in [-0.05, 0) is 33.7 Å². The van der Waals surface area contributed by atoms with Crippen LogP contribution in [0, 0.1) is 6.92 Å². The highest BCUT2D eigenvalue weighted by Crippen LogP contribution is 2.27. The molecule has 0 unspecified atom stereocenters. The molecule has 160 valence electrons. The van der Waals surface area contributed by atoms with Gasteiger partial charge < -0.3 is 14.2 Å². The second-order valence-corrected chi connectivity index (χ2v) is 8.96. The molecule has 2 aliphatic heterocycles. The van der Waals surface area contributed by atoms with Crippen molar-refractivity contribution < 1.29 is 4.74 Å².